The molecule has 1 aromatic carbocycles. The molecule has 15 heteroatoms. The number of hydrogen-bond donors (Lipinski definition) is 5. The van der Waals surface area contributed by atoms with Gasteiger partial charge in [0.2, 0.25) is 23.6 Å². The number of amides is 4. The van der Waals surface area contributed by atoms with Gasteiger partial charge in [0.1, 0.15) is 24.2 Å². The highest BCUT2D eigenvalue weighted by atomic mass is 19.1. The number of rotatable bonds is 17. The molecule has 4 atom stereocenters. The first-order chi connectivity index (χ1) is 26.3. The molecule has 2 aromatic heterocycles. The number of aromatic nitrogens is 2. The first-order valence-corrected chi connectivity index (χ1v) is 18.9. The van der Waals surface area contributed by atoms with Crippen molar-refractivity contribution in [1.82, 2.24) is 36.1 Å². The summed E-state index contributed by atoms with van der Waals surface area (Å²) in [4.78, 5) is 82.1. The van der Waals surface area contributed by atoms with E-state index < -0.39 is 35.9 Å². The van der Waals surface area contributed by atoms with Gasteiger partial charge in [0.15, 0.2) is 0 Å². The fourth-order valence-electron chi connectivity index (χ4n) is 7.69. The quantitative estimate of drug-likeness (QED) is 0.0796. The second-order valence-corrected chi connectivity index (χ2v) is 14.8. The van der Waals surface area contributed by atoms with Crippen LogP contribution in [0.4, 0.5) is 4.39 Å². The highest BCUT2D eigenvalue weighted by Crippen LogP contribution is 2.45. The summed E-state index contributed by atoms with van der Waals surface area (Å²) in [7, 11) is 3.12. The van der Waals surface area contributed by atoms with Gasteiger partial charge < -0.3 is 40.7 Å². The lowest BCUT2D eigenvalue weighted by molar-refractivity contribution is -0.132. The van der Waals surface area contributed by atoms with Crippen molar-refractivity contribution in [1.29, 1.82) is 0 Å². The second kappa shape index (κ2) is 17.6. The van der Waals surface area contributed by atoms with Gasteiger partial charge in [-0.1, -0.05) is 20.8 Å². The number of carbonyl (C=O) groups excluding carboxylic acids is 5. The van der Waals surface area contributed by atoms with E-state index in [1.165, 1.54) is 13.2 Å². The van der Waals surface area contributed by atoms with E-state index >= 15 is 4.39 Å². The Balaban J connectivity index is 1.32. The van der Waals surface area contributed by atoms with Gasteiger partial charge in [0.25, 0.3) is 5.56 Å². The lowest BCUT2D eigenvalue weighted by atomic mass is 9.81. The summed E-state index contributed by atoms with van der Waals surface area (Å²) in [5.74, 6) is -2.58. The molecule has 0 bridgehead atoms. The molecular weight excluding hydrogens is 709 g/mol. The Morgan fingerprint density at radius 3 is 2.49 bits per heavy atom. The largest absolute Gasteiger partial charge is 0.380 e. The van der Waals surface area contributed by atoms with Crippen LogP contribution in [0.1, 0.15) is 98.7 Å². The Kier molecular flexibility index (Phi) is 13.2. The summed E-state index contributed by atoms with van der Waals surface area (Å²) in [5, 5.41) is 14.8. The zero-order valence-electron chi connectivity index (χ0n) is 32.6. The van der Waals surface area contributed by atoms with E-state index in [4.69, 9.17) is 9.72 Å². The van der Waals surface area contributed by atoms with E-state index in [9.17, 15) is 28.8 Å². The third-order valence-corrected chi connectivity index (χ3v) is 10.6. The van der Waals surface area contributed by atoms with Crippen LogP contribution >= 0.6 is 0 Å². The van der Waals surface area contributed by atoms with Gasteiger partial charge in [0.05, 0.1) is 42.6 Å². The summed E-state index contributed by atoms with van der Waals surface area (Å²) in [6.07, 6.45) is 2.77. The van der Waals surface area contributed by atoms with Crippen molar-refractivity contribution in [3.05, 3.63) is 61.7 Å². The van der Waals surface area contributed by atoms with Crippen LogP contribution in [0, 0.1) is 18.7 Å². The Morgan fingerprint density at radius 1 is 1.09 bits per heavy atom. The Labute approximate surface area is 319 Å². The SMILES string of the molecule is CCC(C=O)c1cc2n(c(=O)c1COC)Cc1c-2nc2cc(F)c(C)c3c2c1C(NC(=O)CCCNC(=O)[C@H](C)NC(=O)C(NC(=O)CNC)C(C)C)CC3. The van der Waals surface area contributed by atoms with Crippen molar-refractivity contribution < 1.29 is 33.1 Å². The smallest absolute Gasteiger partial charge is 0.257 e. The average molecular weight is 762 g/mol. The van der Waals surface area contributed by atoms with Crippen molar-refractivity contribution in [3.8, 4) is 11.4 Å². The molecule has 1 aliphatic heterocycles. The molecule has 5 rings (SSSR count). The topological polar surface area (TPSA) is 190 Å². The normalized spacial score (nSPS) is 15.8. The van der Waals surface area contributed by atoms with Crippen LogP contribution < -0.4 is 32.1 Å². The van der Waals surface area contributed by atoms with Crippen LogP contribution in [-0.2, 0) is 48.3 Å². The number of pyridine rings is 2. The zero-order valence-corrected chi connectivity index (χ0v) is 32.6. The Hall–Kier alpha value is -5.02. The van der Waals surface area contributed by atoms with Gasteiger partial charge in [-0.3, -0.25) is 24.0 Å². The summed E-state index contributed by atoms with van der Waals surface area (Å²) in [6.45, 7) is 9.22. The molecule has 0 spiro atoms. The third-order valence-electron chi connectivity index (χ3n) is 10.6. The molecule has 296 valence electrons. The number of nitrogens with one attached hydrogen (secondary N) is 5. The molecule has 14 nitrogen and oxygen atoms in total. The van der Waals surface area contributed by atoms with Crippen LogP contribution in [0.25, 0.3) is 22.3 Å². The van der Waals surface area contributed by atoms with Crippen LogP contribution in [0.3, 0.4) is 0 Å². The van der Waals surface area contributed by atoms with Gasteiger partial charge in [-0.05, 0) is 80.8 Å². The van der Waals surface area contributed by atoms with Gasteiger partial charge in [-0.2, -0.15) is 0 Å². The third kappa shape index (κ3) is 8.47. The van der Waals surface area contributed by atoms with E-state index in [2.05, 4.69) is 26.6 Å². The maximum atomic E-state index is 15.3. The lowest BCUT2D eigenvalue weighted by Crippen LogP contribution is -2.55. The zero-order chi connectivity index (χ0) is 40.1. The number of hydrogen-bond acceptors (Lipinski definition) is 9. The Morgan fingerprint density at radius 2 is 1.84 bits per heavy atom. The molecule has 4 amide bonds. The second-order valence-electron chi connectivity index (χ2n) is 14.8. The predicted octanol–water partition coefficient (Wildman–Crippen LogP) is 2.58. The van der Waals surface area contributed by atoms with Crippen LogP contribution in [0.5, 0.6) is 0 Å². The minimum Gasteiger partial charge on any atom is -0.380 e. The molecule has 0 radical (unpaired) electrons. The maximum Gasteiger partial charge on any atom is 0.257 e. The van der Waals surface area contributed by atoms with Gasteiger partial charge >= 0.3 is 0 Å². The molecule has 1 aliphatic carbocycles. The number of likely N-dealkylation sites (N-methyl/N-ethyl adjacent to an activating group) is 1. The number of carbonyl (C=O) groups is 5. The number of halogens is 1. The Bertz CT molecular complexity index is 2060. The fourth-order valence-corrected chi connectivity index (χ4v) is 7.69. The number of ether oxygens (including phenoxy) is 1. The molecular formula is C40H52FN7O7. The summed E-state index contributed by atoms with van der Waals surface area (Å²) >= 11 is 0. The van der Waals surface area contributed by atoms with Crippen LogP contribution in [-0.4, -0.2) is 78.8 Å². The number of aldehydes is 1. The van der Waals surface area contributed by atoms with Crippen molar-refractivity contribution in [2.24, 2.45) is 5.92 Å². The van der Waals surface area contributed by atoms with Crippen molar-refractivity contribution in [2.75, 3.05) is 27.2 Å². The molecule has 3 unspecified atom stereocenters. The van der Waals surface area contributed by atoms with Crippen molar-refractivity contribution in [3.63, 3.8) is 0 Å². The molecule has 2 aliphatic rings. The standard InChI is InChI=1S/C40H52FN7O7/c1-8-23(18-49)25-14-31-37-26(17-48(31)40(54)27(25)19-55-7)35-29(12-11-24-21(4)28(41)15-30(46-37)34(24)35)45-32(50)10-9-13-43-38(52)22(5)44-39(53)36(20(2)3)47-33(51)16-42-6/h14-15,18,20,22-23,29,36,42H,8-13,16-17,19H2,1-7H3,(H,43,52)(H,44,53)(H,45,50)(H,47,51)/t22-,23?,29?,36?/m0/s1. The molecule has 5 N–H and O–H groups in total. The number of aryl methyl sites for hydroxylation is 1. The van der Waals surface area contributed by atoms with E-state index in [1.807, 2.05) is 13.0 Å². The molecule has 55 heavy (non-hydrogen) atoms. The molecule has 0 saturated heterocycles. The molecule has 3 aromatic rings. The molecule has 3 heterocycles. The van der Waals surface area contributed by atoms with Gasteiger partial charge in [-0.25, -0.2) is 9.37 Å². The monoisotopic (exact) mass is 761 g/mol. The van der Waals surface area contributed by atoms with E-state index in [-0.39, 0.29) is 61.8 Å². The summed E-state index contributed by atoms with van der Waals surface area (Å²) in [5.41, 5.74) is 5.10. The number of nitrogens with zero attached hydrogens (tertiary/aromatic N) is 2. The first-order valence-electron chi connectivity index (χ1n) is 18.9. The summed E-state index contributed by atoms with van der Waals surface area (Å²) in [6, 6.07) is 1.09. The molecule has 0 saturated carbocycles. The number of methoxy groups -OCH3 is 1. The van der Waals surface area contributed by atoms with E-state index in [0.29, 0.717) is 59.3 Å². The van der Waals surface area contributed by atoms with Crippen LogP contribution in [0.2, 0.25) is 0 Å². The minimum absolute atomic E-state index is 0.0358. The predicted molar refractivity (Wildman–Crippen MR) is 205 cm³/mol. The number of fused-ring (bicyclic) bond motifs is 4. The molecule has 0 fully saturated rings. The maximum absolute atomic E-state index is 15.3. The number of benzene rings is 1. The summed E-state index contributed by atoms with van der Waals surface area (Å²) < 4.78 is 22.3. The average Bonchev–Trinajstić information content (AvgIpc) is 3.51. The highest BCUT2D eigenvalue weighted by Gasteiger charge is 2.35. The van der Waals surface area contributed by atoms with E-state index in [0.717, 1.165) is 28.4 Å². The minimum atomic E-state index is -0.875. The van der Waals surface area contributed by atoms with Gasteiger partial charge in [0, 0.05) is 48.6 Å². The highest BCUT2D eigenvalue weighted by molar-refractivity contribution is 5.94. The van der Waals surface area contributed by atoms with Crippen molar-refractivity contribution in [2.45, 2.75) is 104 Å². The van der Waals surface area contributed by atoms with Gasteiger partial charge in [-0.15, -0.1) is 0 Å². The fraction of sp³-hybridized carbons (Fsp3) is 0.525. The lowest BCUT2D eigenvalue weighted by Gasteiger charge is -2.30. The first kappa shape index (κ1) is 41.1. The van der Waals surface area contributed by atoms with E-state index in [1.54, 1.807) is 39.3 Å². The van der Waals surface area contributed by atoms with Crippen molar-refractivity contribution >= 4 is 40.8 Å². The van der Waals surface area contributed by atoms with Crippen LogP contribution in [0.15, 0.2) is 16.9 Å².